The molecular weight excluding hydrogens is 232 g/mol. The van der Waals surface area contributed by atoms with Crippen molar-refractivity contribution >= 4 is 26.9 Å². The van der Waals surface area contributed by atoms with Gasteiger partial charge in [0.1, 0.15) is 5.58 Å². The summed E-state index contributed by atoms with van der Waals surface area (Å²) in [6, 6.07) is 5.89. The Labute approximate surface area is 84.6 Å². The smallest absolute Gasteiger partial charge is 0.135 e. The second kappa shape index (κ2) is 3.52. The molecular formula is C10H9BrO2. The highest BCUT2D eigenvalue weighted by Crippen LogP contribution is 2.28. The van der Waals surface area contributed by atoms with E-state index in [1.807, 2.05) is 18.2 Å². The number of halogens is 1. The fourth-order valence-electron chi connectivity index (χ4n) is 1.37. The van der Waals surface area contributed by atoms with Gasteiger partial charge in [-0.2, -0.15) is 0 Å². The highest BCUT2D eigenvalue weighted by molar-refractivity contribution is 9.10. The van der Waals surface area contributed by atoms with E-state index in [0.717, 1.165) is 21.0 Å². The predicted molar refractivity (Wildman–Crippen MR) is 54.6 cm³/mol. The summed E-state index contributed by atoms with van der Waals surface area (Å²) in [4.78, 5) is 0. The van der Waals surface area contributed by atoms with Crippen LogP contribution in [0, 0.1) is 0 Å². The third-order valence-electron chi connectivity index (χ3n) is 1.92. The molecule has 1 heterocycles. The minimum atomic E-state index is 0.579. The van der Waals surface area contributed by atoms with Crippen molar-refractivity contribution < 1.29 is 9.15 Å². The Morgan fingerprint density at radius 1 is 1.46 bits per heavy atom. The van der Waals surface area contributed by atoms with Gasteiger partial charge in [-0.3, -0.25) is 0 Å². The first-order chi connectivity index (χ1) is 6.33. The van der Waals surface area contributed by atoms with Crippen LogP contribution in [0.15, 0.2) is 33.4 Å². The van der Waals surface area contributed by atoms with E-state index in [1.165, 1.54) is 0 Å². The number of methoxy groups -OCH3 is 1. The topological polar surface area (TPSA) is 22.4 Å². The lowest BCUT2D eigenvalue weighted by molar-refractivity contribution is 0.185. The van der Waals surface area contributed by atoms with Crippen LogP contribution in [0.1, 0.15) is 5.56 Å². The largest absolute Gasteiger partial charge is 0.464 e. The minimum Gasteiger partial charge on any atom is -0.464 e. The maximum Gasteiger partial charge on any atom is 0.135 e. The van der Waals surface area contributed by atoms with Crippen molar-refractivity contribution in [2.75, 3.05) is 7.11 Å². The Balaban J connectivity index is 2.64. The number of rotatable bonds is 2. The lowest BCUT2D eigenvalue weighted by atomic mass is 10.2. The number of fused-ring (bicyclic) bond motifs is 1. The third-order valence-corrected chi connectivity index (χ3v) is 2.59. The van der Waals surface area contributed by atoms with Gasteiger partial charge in [-0.05, 0) is 12.1 Å². The summed E-state index contributed by atoms with van der Waals surface area (Å²) in [5, 5.41) is 1.10. The molecule has 3 heteroatoms. The molecule has 2 rings (SSSR count). The zero-order chi connectivity index (χ0) is 9.26. The summed E-state index contributed by atoms with van der Waals surface area (Å²) < 4.78 is 11.5. The van der Waals surface area contributed by atoms with Crippen LogP contribution in [0.5, 0.6) is 0 Å². The quantitative estimate of drug-likeness (QED) is 0.804. The molecule has 0 bridgehead atoms. The first-order valence-electron chi connectivity index (χ1n) is 3.96. The molecule has 1 aromatic carbocycles. The maximum atomic E-state index is 5.37. The Morgan fingerprint density at radius 2 is 2.31 bits per heavy atom. The van der Waals surface area contributed by atoms with Crippen molar-refractivity contribution in [3.63, 3.8) is 0 Å². The molecule has 0 N–H and O–H groups in total. The predicted octanol–water partition coefficient (Wildman–Crippen LogP) is 3.34. The molecule has 0 atom stereocenters. The van der Waals surface area contributed by atoms with Gasteiger partial charge in [-0.1, -0.05) is 22.0 Å². The van der Waals surface area contributed by atoms with E-state index in [-0.39, 0.29) is 0 Å². The summed E-state index contributed by atoms with van der Waals surface area (Å²) in [6.07, 6.45) is 1.74. The highest BCUT2D eigenvalue weighted by atomic mass is 79.9. The molecule has 0 aliphatic carbocycles. The van der Waals surface area contributed by atoms with Gasteiger partial charge in [0, 0.05) is 22.5 Å². The third kappa shape index (κ3) is 1.49. The lowest BCUT2D eigenvalue weighted by Crippen LogP contribution is -1.84. The van der Waals surface area contributed by atoms with E-state index in [1.54, 1.807) is 13.4 Å². The second-order valence-electron chi connectivity index (χ2n) is 2.81. The van der Waals surface area contributed by atoms with Crippen LogP contribution >= 0.6 is 15.9 Å². The number of hydrogen-bond donors (Lipinski definition) is 0. The number of benzene rings is 1. The zero-order valence-electron chi connectivity index (χ0n) is 7.21. The van der Waals surface area contributed by atoms with Crippen molar-refractivity contribution in [3.05, 3.63) is 34.5 Å². The fraction of sp³-hybridized carbons (Fsp3) is 0.200. The van der Waals surface area contributed by atoms with Crippen LogP contribution in [0.4, 0.5) is 0 Å². The van der Waals surface area contributed by atoms with Crippen molar-refractivity contribution in [3.8, 4) is 0 Å². The molecule has 0 saturated heterocycles. The lowest BCUT2D eigenvalue weighted by Gasteiger charge is -1.97. The first-order valence-corrected chi connectivity index (χ1v) is 4.75. The van der Waals surface area contributed by atoms with Crippen LogP contribution in [0.3, 0.4) is 0 Å². The molecule has 2 nitrogen and oxygen atoms in total. The van der Waals surface area contributed by atoms with Gasteiger partial charge in [-0.15, -0.1) is 0 Å². The molecule has 13 heavy (non-hydrogen) atoms. The molecule has 0 aliphatic rings. The minimum absolute atomic E-state index is 0.579. The summed E-state index contributed by atoms with van der Waals surface area (Å²) in [5.41, 5.74) is 1.96. The van der Waals surface area contributed by atoms with Gasteiger partial charge in [0.05, 0.1) is 12.9 Å². The average molecular weight is 241 g/mol. The van der Waals surface area contributed by atoms with E-state index in [0.29, 0.717) is 6.61 Å². The van der Waals surface area contributed by atoms with Gasteiger partial charge >= 0.3 is 0 Å². The van der Waals surface area contributed by atoms with Crippen molar-refractivity contribution in [2.45, 2.75) is 6.61 Å². The first kappa shape index (κ1) is 8.78. The summed E-state index contributed by atoms with van der Waals surface area (Å²) in [6.45, 7) is 0.579. The van der Waals surface area contributed by atoms with Crippen molar-refractivity contribution in [1.82, 2.24) is 0 Å². The second-order valence-corrected chi connectivity index (χ2v) is 3.66. The van der Waals surface area contributed by atoms with Gasteiger partial charge < -0.3 is 9.15 Å². The molecule has 0 fully saturated rings. The Kier molecular flexibility index (Phi) is 2.38. The van der Waals surface area contributed by atoms with E-state index >= 15 is 0 Å². The molecule has 2 aromatic rings. The normalized spacial score (nSPS) is 10.9. The molecule has 0 amide bonds. The van der Waals surface area contributed by atoms with Crippen LogP contribution in [-0.2, 0) is 11.3 Å². The summed E-state index contributed by atoms with van der Waals surface area (Å²) >= 11 is 3.48. The van der Waals surface area contributed by atoms with Crippen LogP contribution in [-0.4, -0.2) is 7.11 Å². The average Bonchev–Trinajstić information content (AvgIpc) is 2.51. The van der Waals surface area contributed by atoms with E-state index < -0.39 is 0 Å². The van der Waals surface area contributed by atoms with Gasteiger partial charge in [-0.25, -0.2) is 0 Å². The van der Waals surface area contributed by atoms with E-state index in [9.17, 15) is 0 Å². The molecule has 68 valence electrons. The van der Waals surface area contributed by atoms with Gasteiger partial charge in [0.25, 0.3) is 0 Å². The summed E-state index contributed by atoms with van der Waals surface area (Å²) in [5.74, 6) is 0. The molecule has 1 aromatic heterocycles. The number of furan rings is 1. The van der Waals surface area contributed by atoms with E-state index in [4.69, 9.17) is 9.15 Å². The van der Waals surface area contributed by atoms with Crippen LogP contribution in [0.25, 0.3) is 11.0 Å². The van der Waals surface area contributed by atoms with Crippen molar-refractivity contribution in [1.29, 1.82) is 0 Å². The van der Waals surface area contributed by atoms with Crippen LogP contribution in [0.2, 0.25) is 0 Å². The molecule has 0 radical (unpaired) electrons. The van der Waals surface area contributed by atoms with Gasteiger partial charge in [0.15, 0.2) is 0 Å². The fourth-order valence-corrected chi connectivity index (χ4v) is 1.97. The highest BCUT2D eigenvalue weighted by Gasteiger charge is 2.07. The van der Waals surface area contributed by atoms with Crippen molar-refractivity contribution in [2.24, 2.45) is 0 Å². The maximum absolute atomic E-state index is 5.37. The molecule has 0 saturated carbocycles. The Hall–Kier alpha value is -0.800. The number of ether oxygens (including phenoxy) is 1. The summed E-state index contributed by atoms with van der Waals surface area (Å²) in [7, 11) is 1.68. The SMILES string of the molecule is COCc1coc2cccc(Br)c12. The number of hydrogen-bond acceptors (Lipinski definition) is 2. The Bertz CT molecular complexity index is 420. The standard InChI is InChI=1S/C10H9BrO2/c1-12-5-7-6-13-9-4-2-3-8(11)10(7)9/h2-4,6H,5H2,1H3. The molecule has 0 spiro atoms. The zero-order valence-corrected chi connectivity index (χ0v) is 8.80. The molecule has 0 aliphatic heterocycles. The Morgan fingerprint density at radius 3 is 3.08 bits per heavy atom. The molecule has 0 unspecified atom stereocenters. The monoisotopic (exact) mass is 240 g/mol. The van der Waals surface area contributed by atoms with Gasteiger partial charge in [0.2, 0.25) is 0 Å². The van der Waals surface area contributed by atoms with E-state index in [2.05, 4.69) is 15.9 Å². The van der Waals surface area contributed by atoms with Crippen LogP contribution < -0.4 is 0 Å².